The number of carbonyl (C=O) groups excluding carboxylic acids is 1. The fraction of sp³-hybridized carbons (Fsp3) is 0.188. The van der Waals surface area contributed by atoms with Gasteiger partial charge in [0.15, 0.2) is 0 Å². The van der Waals surface area contributed by atoms with Crippen LogP contribution in [0.2, 0.25) is 0 Å². The third-order valence-corrected chi connectivity index (χ3v) is 4.32. The lowest BCUT2D eigenvalue weighted by atomic mass is 10.1. The molecule has 2 heterocycles. The molecule has 108 valence electrons. The van der Waals surface area contributed by atoms with E-state index in [1.807, 2.05) is 41.8 Å². The predicted octanol–water partition coefficient (Wildman–Crippen LogP) is 3.35. The van der Waals surface area contributed by atoms with E-state index < -0.39 is 0 Å². The fourth-order valence-electron chi connectivity index (χ4n) is 2.29. The Morgan fingerprint density at radius 1 is 1.29 bits per heavy atom. The average Bonchev–Trinajstić information content (AvgIpc) is 3.16. The van der Waals surface area contributed by atoms with Crippen LogP contribution in [-0.2, 0) is 0 Å². The molecule has 5 heteroatoms. The first-order chi connectivity index (χ1) is 10.3. The molecule has 0 aliphatic heterocycles. The molecular formula is C16H15NO3S. The van der Waals surface area contributed by atoms with E-state index in [1.54, 1.807) is 11.3 Å². The van der Waals surface area contributed by atoms with Gasteiger partial charge in [-0.25, -0.2) is 0 Å². The highest BCUT2D eigenvalue weighted by molar-refractivity contribution is 7.10. The summed E-state index contributed by atoms with van der Waals surface area (Å²) < 4.78 is 5.39. The Kier molecular flexibility index (Phi) is 4.03. The van der Waals surface area contributed by atoms with Crippen LogP contribution in [0.25, 0.3) is 11.0 Å². The number of hydrogen-bond acceptors (Lipinski definition) is 4. The minimum absolute atomic E-state index is 0.0228. The topological polar surface area (TPSA) is 62.5 Å². The van der Waals surface area contributed by atoms with Crippen molar-refractivity contribution >= 4 is 28.2 Å². The van der Waals surface area contributed by atoms with Crippen LogP contribution in [0.4, 0.5) is 0 Å². The maximum Gasteiger partial charge on any atom is 0.255 e. The molecule has 3 rings (SSSR count). The summed E-state index contributed by atoms with van der Waals surface area (Å²) in [7, 11) is 0. The number of rotatable bonds is 5. The molecule has 0 saturated heterocycles. The van der Waals surface area contributed by atoms with Crippen LogP contribution >= 0.6 is 11.3 Å². The highest BCUT2D eigenvalue weighted by Gasteiger charge is 2.19. The Labute approximate surface area is 126 Å². The van der Waals surface area contributed by atoms with E-state index in [2.05, 4.69) is 5.32 Å². The van der Waals surface area contributed by atoms with Crippen LogP contribution in [0.5, 0.6) is 0 Å². The normalized spacial score (nSPS) is 12.4. The molecule has 3 aromatic rings. The molecule has 4 nitrogen and oxygen atoms in total. The van der Waals surface area contributed by atoms with Gasteiger partial charge in [0, 0.05) is 16.9 Å². The number of benzene rings is 1. The average molecular weight is 301 g/mol. The molecular weight excluding hydrogens is 286 g/mol. The van der Waals surface area contributed by atoms with Crippen LogP contribution < -0.4 is 5.32 Å². The molecule has 1 aromatic carbocycles. The number of para-hydroxylation sites is 1. The number of aliphatic hydroxyl groups is 1. The summed E-state index contributed by atoms with van der Waals surface area (Å²) in [5.74, 6) is -0.188. The molecule has 0 spiro atoms. The van der Waals surface area contributed by atoms with Gasteiger partial charge in [0.2, 0.25) is 0 Å². The number of amides is 1. The van der Waals surface area contributed by atoms with Gasteiger partial charge < -0.3 is 14.8 Å². The SMILES string of the molecule is O=C(NC(CCO)c1cccs1)c1coc2ccccc12. The molecule has 1 atom stereocenters. The predicted molar refractivity (Wildman–Crippen MR) is 82.4 cm³/mol. The summed E-state index contributed by atoms with van der Waals surface area (Å²) in [6.07, 6.45) is 1.96. The Balaban J connectivity index is 1.84. The molecule has 1 unspecified atom stereocenters. The number of thiophene rings is 1. The lowest BCUT2D eigenvalue weighted by molar-refractivity contribution is 0.0931. The van der Waals surface area contributed by atoms with E-state index in [0.29, 0.717) is 17.6 Å². The molecule has 21 heavy (non-hydrogen) atoms. The lowest BCUT2D eigenvalue weighted by Gasteiger charge is -2.15. The minimum Gasteiger partial charge on any atom is -0.463 e. The second kappa shape index (κ2) is 6.11. The quantitative estimate of drug-likeness (QED) is 0.759. The highest BCUT2D eigenvalue weighted by Crippen LogP contribution is 2.24. The molecule has 2 aromatic heterocycles. The summed E-state index contributed by atoms with van der Waals surface area (Å²) >= 11 is 1.56. The van der Waals surface area contributed by atoms with Crippen LogP contribution in [0.3, 0.4) is 0 Å². The van der Waals surface area contributed by atoms with Gasteiger partial charge in [-0.05, 0) is 23.9 Å². The highest BCUT2D eigenvalue weighted by atomic mass is 32.1. The van der Waals surface area contributed by atoms with Crippen LogP contribution in [0.1, 0.15) is 27.7 Å². The van der Waals surface area contributed by atoms with Gasteiger partial charge in [0.1, 0.15) is 11.8 Å². The second-order valence-corrected chi connectivity index (χ2v) is 5.68. The van der Waals surface area contributed by atoms with Crippen LogP contribution in [0, 0.1) is 0 Å². The van der Waals surface area contributed by atoms with Gasteiger partial charge in [-0.1, -0.05) is 24.3 Å². The molecule has 0 radical (unpaired) electrons. The second-order valence-electron chi connectivity index (χ2n) is 4.70. The molecule has 0 aliphatic carbocycles. The Morgan fingerprint density at radius 3 is 2.90 bits per heavy atom. The number of hydrogen-bond donors (Lipinski definition) is 2. The number of carbonyl (C=O) groups is 1. The van der Waals surface area contributed by atoms with Gasteiger partial charge in [0.05, 0.1) is 11.6 Å². The van der Waals surface area contributed by atoms with E-state index in [9.17, 15) is 9.90 Å². The zero-order valence-electron chi connectivity index (χ0n) is 11.3. The molecule has 0 bridgehead atoms. The Bertz CT molecular complexity index is 733. The summed E-state index contributed by atoms with van der Waals surface area (Å²) in [5, 5.41) is 14.9. The van der Waals surface area contributed by atoms with Crippen molar-refractivity contribution in [1.29, 1.82) is 0 Å². The lowest BCUT2D eigenvalue weighted by Crippen LogP contribution is -2.28. The summed E-state index contributed by atoms with van der Waals surface area (Å²) in [5.41, 5.74) is 1.21. The smallest absolute Gasteiger partial charge is 0.255 e. The Hall–Kier alpha value is -2.11. The third-order valence-electron chi connectivity index (χ3n) is 3.34. The Morgan fingerprint density at radius 2 is 2.14 bits per heavy atom. The first-order valence-electron chi connectivity index (χ1n) is 6.71. The summed E-state index contributed by atoms with van der Waals surface area (Å²) in [6.45, 7) is 0.0228. The van der Waals surface area contributed by atoms with Crippen molar-refractivity contribution in [3.05, 3.63) is 58.5 Å². The van der Waals surface area contributed by atoms with Crippen molar-refractivity contribution in [3.63, 3.8) is 0 Å². The van der Waals surface area contributed by atoms with Crippen molar-refractivity contribution in [1.82, 2.24) is 5.32 Å². The number of aliphatic hydroxyl groups excluding tert-OH is 1. The first kappa shape index (κ1) is 13.9. The largest absolute Gasteiger partial charge is 0.463 e. The van der Waals surface area contributed by atoms with E-state index in [-0.39, 0.29) is 18.6 Å². The first-order valence-corrected chi connectivity index (χ1v) is 7.59. The van der Waals surface area contributed by atoms with Crippen molar-refractivity contribution < 1.29 is 14.3 Å². The van der Waals surface area contributed by atoms with Crippen molar-refractivity contribution in [2.75, 3.05) is 6.61 Å². The maximum absolute atomic E-state index is 12.5. The van der Waals surface area contributed by atoms with E-state index >= 15 is 0 Å². The number of furan rings is 1. The van der Waals surface area contributed by atoms with E-state index in [0.717, 1.165) is 10.3 Å². The monoisotopic (exact) mass is 301 g/mol. The molecule has 2 N–H and O–H groups in total. The molecule has 0 aliphatic rings. The van der Waals surface area contributed by atoms with Gasteiger partial charge >= 0.3 is 0 Å². The van der Waals surface area contributed by atoms with Crippen LogP contribution in [-0.4, -0.2) is 17.6 Å². The van der Waals surface area contributed by atoms with Gasteiger partial charge in [-0.3, -0.25) is 4.79 Å². The van der Waals surface area contributed by atoms with Crippen LogP contribution in [0.15, 0.2) is 52.5 Å². The molecule has 0 saturated carbocycles. The zero-order chi connectivity index (χ0) is 14.7. The van der Waals surface area contributed by atoms with E-state index in [1.165, 1.54) is 6.26 Å². The van der Waals surface area contributed by atoms with Gasteiger partial charge in [0.25, 0.3) is 5.91 Å². The summed E-state index contributed by atoms with van der Waals surface area (Å²) in [4.78, 5) is 13.5. The number of nitrogens with one attached hydrogen (secondary N) is 1. The van der Waals surface area contributed by atoms with Crippen molar-refractivity contribution in [2.45, 2.75) is 12.5 Å². The fourth-order valence-corrected chi connectivity index (χ4v) is 3.11. The minimum atomic E-state index is -0.188. The van der Waals surface area contributed by atoms with Crippen molar-refractivity contribution in [2.24, 2.45) is 0 Å². The van der Waals surface area contributed by atoms with Gasteiger partial charge in [-0.2, -0.15) is 0 Å². The maximum atomic E-state index is 12.5. The third kappa shape index (κ3) is 2.84. The standard InChI is InChI=1S/C16H15NO3S/c18-8-7-13(15-6-3-9-21-15)17-16(19)12-10-20-14-5-2-1-4-11(12)14/h1-6,9-10,13,18H,7-8H2,(H,17,19). The van der Waals surface area contributed by atoms with Crippen molar-refractivity contribution in [3.8, 4) is 0 Å². The number of fused-ring (bicyclic) bond motifs is 1. The summed E-state index contributed by atoms with van der Waals surface area (Å²) in [6, 6.07) is 11.1. The van der Waals surface area contributed by atoms with E-state index in [4.69, 9.17) is 4.42 Å². The zero-order valence-corrected chi connectivity index (χ0v) is 12.1. The molecule has 0 fully saturated rings. The molecule has 1 amide bonds. The van der Waals surface area contributed by atoms with Gasteiger partial charge in [-0.15, -0.1) is 11.3 Å².